The van der Waals surface area contributed by atoms with Gasteiger partial charge >= 0.3 is 0 Å². The number of benzene rings is 2. The molecule has 0 bridgehead atoms. The first-order chi connectivity index (χ1) is 10.0. The van der Waals surface area contributed by atoms with E-state index in [2.05, 4.69) is 22.5 Å². The summed E-state index contributed by atoms with van der Waals surface area (Å²) in [7, 11) is 0. The predicted molar refractivity (Wildman–Crippen MR) is 91.3 cm³/mol. The van der Waals surface area contributed by atoms with E-state index in [4.69, 9.17) is 0 Å². The fraction of sp³-hybridized carbons (Fsp3) is 0.167. The van der Waals surface area contributed by atoms with Crippen LogP contribution < -0.4 is 4.90 Å². The summed E-state index contributed by atoms with van der Waals surface area (Å²) < 4.78 is 0.910. The zero-order chi connectivity index (χ0) is 15.4. The third kappa shape index (κ3) is 3.61. The maximum atomic E-state index is 12.6. The Morgan fingerprint density at radius 3 is 2.38 bits per heavy atom. The van der Waals surface area contributed by atoms with E-state index in [-0.39, 0.29) is 5.91 Å². The quantitative estimate of drug-likeness (QED) is 0.725. The van der Waals surface area contributed by atoms with Gasteiger partial charge in [0.25, 0.3) is 5.91 Å². The number of aryl methyl sites for hydroxylation is 1. The molecular weight excluding hydrogens is 326 g/mol. The first-order valence-corrected chi connectivity index (χ1v) is 7.56. The number of anilines is 1. The summed E-state index contributed by atoms with van der Waals surface area (Å²) in [6, 6.07) is 15.9. The molecule has 21 heavy (non-hydrogen) atoms. The Kier molecular flexibility index (Phi) is 4.97. The summed E-state index contributed by atoms with van der Waals surface area (Å²) in [4.78, 5) is 14.3. The van der Waals surface area contributed by atoms with Crippen LogP contribution >= 0.6 is 15.9 Å². The number of halogens is 1. The monoisotopic (exact) mass is 343 g/mol. The van der Waals surface area contributed by atoms with Crippen molar-refractivity contribution in [3.05, 3.63) is 76.3 Å². The number of rotatable bonds is 4. The van der Waals surface area contributed by atoms with Crippen molar-refractivity contribution >= 4 is 27.5 Å². The maximum absolute atomic E-state index is 12.6. The van der Waals surface area contributed by atoms with Gasteiger partial charge in [0, 0.05) is 10.0 Å². The number of carbonyl (C=O) groups is 1. The highest BCUT2D eigenvalue weighted by molar-refractivity contribution is 9.10. The first kappa shape index (κ1) is 15.5. The highest BCUT2D eigenvalue weighted by Gasteiger charge is 2.20. The van der Waals surface area contributed by atoms with Crippen molar-refractivity contribution in [2.45, 2.75) is 20.4 Å². The van der Waals surface area contributed by atoms with Crippen LogP contribution in [-0.2, 0) is 11.3 Å². The molecule has 0 saturated carbocycles. The van der Waals surface area contributed by atoms with Crippen LogP contribution in [0.2, 0.25) is 0 Å². The van der Waals surface area contributed by atoms with Gasteiger partial charge in [0.15, 0.2) is 0 Å². The van der Waals surface area contributed by atoms with Gasteiger partial charge in [-0.3, -0.25) is 4.79 Å². The smallest absolute Gasteiger partial charge is 0.253 e. The molecule has 1 amide bonds. The van der Waals surface area contributed by atoms with Gasteiger partial charge in [-0.2, -0.15) is 0 Å². The van der Waals surface area contributed by atoms with Crippen LogP contribution in [0.4, 0.5) is 5.69 Å². The highest BCUT2D eigenvalue weighted by atomic mass is 79.9. The molecule has 0 heterocycles. The van der Waals surface area contributed by atoms with E-state index >= 15 is 0 Å². The number of hydrogen-bond acceptors (Lipinski definition) is 1. The lowest BCUT2D eigenvalue weighted by Gasteiger charge is -2.26. The van der Waals surface area contributed by atoms with Gasteiger partial charge in [-0.25, -0.2) is 0 Å². The van der Waals surface area contributed by atoms with Crippen LogP contribution in [0.1, 0.15) is 18.1 Å². The summed E-state index contributed by atoms with van der Waals surface area (Å²) in [5.74, 6) is -0.0612. The maximum Gasteiger partial charge on any atom is 0.253 e. The molecule has 0 aliphatic rings. The van der Waals surface area contributed by atoms with Crippen LogP contribution in [0.15, 0.2) is 65.2 Å². The van der Waals surface area contributed by atoms with E-state index in [1.54, 1.807) is 11.8 Å². The minimum absolute atomic E-state index is 0.0612. The van der Waals surface area contributed by atoms with Crippen molar-refractivity contribution in [3.63, 3.8) is 0 Å². The van der Waals surface area contributed by atoms with Crippen LogP contribution in [0.3, 0.4) is 0 Å². The molecule has 0 aliphatic heterocycles. The Labute approximate surface area is 134 Å². The van der Waals surface area contributed by atoms with Crippen molar-refractivity contribution in [2.75, 3.05) is 4.90 Å². The molecule has 3 heteroatoms. The fourth-order valence-electron chi connectivity index (χ4n) is 2.21. The van der Waals surface area contributed by atoms with Crippen molar-refractivity contribution in [1.82, 2.24) is 0 Å². The Bertz CT molecular complexity index is 644. The topological polar surface area (TPSA) is 20.3 Å². The number of para-hydroxylation sites is 1. The highest BCUT2D eigenvalue weighted by Crippen LogP contribution is 2.31. The molecule has 0 N–H and O–H groups in total. The second-order valence-electron chi connectivity index (χ2n) is 5.06. The molecule has 0 saturated heterocycles. The molecule has 0 atom stereocenters. The lowest BCUT2D eigenvalue weighted by atomic mass is 10.1. The van der Waals surface area contributed by atoms with Crippen LogP contribution in [-0.4, -0.2) is 5.91 Å². The van der Waals surface area contributed by atoms with Crippen molar-refractivity contribution in [1.29, 1.82) is 0 Å². The van der Waals surface area contributed by atoms with Crippen LogP contribution in [0.25, 0.3) is 0 Å². The largest absolute Gasteiger partial charge is 0.303 e. The molecule has 0 fully saturated rings. The van der Waals surface area contributed by atoms with Crippen molar-refractivity contribution in [3.8, 4) is 0 Å². The lowest BCUT2D eigenvalue weighted by molar-refractivity contribution is -0.115. The number of carbonyl (C=O) groups excluding carboxylic acids is 1. The van der Waals surface area contributed by atoms with E-state index in [0.29, 0.717) is 12.1 Å². The van der Waals surface area contributed by atoms with Gasteiger partial charge in [0.05, 0.1) is 12.2 Å². The molecule has 0 radical (unpaired) electrons. The van der Waals surface area contributed by atoms with Gasteiger partial charge in [-0.05, 0) is 47.0 Å². The average molecular weight is 344 g/mol. The minimum atomic E-state index is -0.0612. The summed E-state index contributed by atoms with van der Waals surface area (Å²) in [6.07, 6.45) is 0. The summed E-state index contributed by atoms with van der Waals surface area (Å²) in [5.41, 5.74) is 3.56. The Morgan fingerprint density at radius 2 is 1.81 bits per heavy atom. The second-order valence-corrected chi connectivity index (χ2v) is 5.92. The Morgan fingerprint density at radius 1 is 1.14 bits per heavy atom. The first-order valence-electron chi connectivity index (χ1n) is 6.77. The molecule has 0 aromatic heterocycles. The Balaban J connectivity index is 2.46. The standard InChI is InChI=1S/C18H18BrNO/c1-13(2)18(21)20(12-15-9-5-4-6-10-15)17-14(3)8-7-11-16(17)19/h4-11H,1,12H2,2-3H3. The Hall–Kier alpha value is -1.87. The molecular formula is C18H18BrNO. The second kappa shape index (κ2) is 6.72. The van der Waals surface area contributed by atoms with Crippen molar-refractivity contribution < 1.29 is 4.79 Å². The molecule has 0 spiro atoms. The minimum Gasteiger partial charge on any atom is -0.303 e. The van der Waals surface area contributed by atoms with Gasteiger partial charge < -0.3 is 4.90 Å². The van der Waals surface area contributed by atoms with E-state index in [0.717, 1.165) is 21.3 Å². The van der Waals surface area contributed by atoms with Gasteiger partial charge in [0.2, 0.25) is 0 Å². The normalized spacial score (nSPS) is 10.2. The van der Waals surface area contributed by atoms with E-state index < -0.39 is 0 Å². The number of hydrogen-bond donors (Lipinski definition) is 0. The lowest BCUT2D eigenvalue weighted by Crippen LogP contribution is -2.31. The molecule has 108 valence electrons. The third-order valence-electron chi connectivity index (χ3n) is 3.25. The fourth-order valence-corrected chi connectivity index (χ4v) is 2.89. The van der Waals surface area contributed by atoms with Crippen LogP contribution in [0.5, 0.6) is 0 Å². The summed E-state index contributed by atoms with van der Waals surface area (Å²) in [5, 5.41) is 0. The zero-order valence-electron chi connectivity index (χ0n) is 12.3. The molecule has 2 rings (SSSR count). The zero-order valence-corrected chi connectivity index (χ0v) is 13.9. The van der Waals surface area contributed by atoms with E-state index in [1.807, 2.05) is 55.5 Å². The molecule has 0 aliphatic carbocycles. The van der Waals surface area contributed by atoms with Crippen molar-refractivity contribution in [2.24, 2.45) is 0 Å². The van der Waals surface area contributed by atoms with Crippen LogP contribution in [0, 0.1) is 6.92 Å². The van der Waals surface area contributed by atoms with E-state index in [1.165, 1.54) is 0 Å². The third-order valence-corrected chi connectivity index (χ3v) is 3.89. The summed E-state index contributed by atoms with van der Waals surface area (Å²) in [6.45, 7) is 8.07. The van der Waals surface area contributed by atoms with E-state index in [9.17, 15) is 4.79 Å². The van der Waals surface area contributed by atoms with Gasteiger partial charge in [0.1, 0.15) is 0 Å². The molecule has 2 aromatic rings. The molecule has 2 nitrogen and oxygen atoms in total. The van der Waals surface area contributed by atoms with Gasteiger partial charge in [-0.1, -0.05) is 49.0 Å². The number of amides is 1. The number of nitrogens with zero attached hydrogens (tertiary/aromatic N) is 1. The van der Waals surface area contributed by atoms with Gasteiger partial charge in [-0.15, -0.1) is 0 Å². The predicted octanol–water partition coefficient (Wildman–Crippen LogP) is 4.87. The average Bonchev–Trinajstić information content (AvgIpc) is 2.46. The molecule has 0 unspecified atom stereocenters. The SMILES string of the molecule is C=C(C)C(=O)N(Cc1ccccc1)c1c(C)cccc1Br. The summed E-state index contributed by atoms with van der Waals surface area (Å²) >= 11 is 3.55. The molecule has 2 aromatic carbocycles.